The number of rotatable bonds is 4. The standard InChI is InChI=1S/C23H30O4.C20H26O4.C18H22O4.C4H6O3.3CO2/c1-13-7-8-16-17-9-10-23(27-15(3)24)12-22(17,11-14(23)2)19(20(25)26-6)18(16)21(13,4)5;1-11-9-19-10-20(11,23)8-7-13(19)12-5-6-14(21)18(2,3)15(12)16(19)17(22)24-4;1-9-7-17-8-18(9,22)6-5-12(17)11-3-4-13(19)10(2)14(11)15(17)16(20)21;1-3(5)7-4(2)6;3*2-1-3/h7-8,13,18-19H,2,9-12H2,1,3-6H3;5-6,14-16,21,23H,1,7-10H2,2-4H3;3-4,10,13-15,19,22H,1,5-8H2,2H3,(H,20,21);1-2H3;;;/t13-,18+,19+,22-,23-;14-,15+,16+,19-,20-;10-,13-,14+,15+,17-,18-;;;;/m000..../s1. The fraction of sp³-hybridized carbons (Fsp3) is 0.603. The third kappa shape index (κ3) is 11.8. The largest absolute Gasteiger partial charge is 0.481 e. The number of fused-ring (bicyclic) bond motifs is 6. The zero-order chi connectivity index (χ0) is 67.1. The van der Waals surface area contributed by atoms with Crippen molar-refractivity contribution in [3.8, 4) is 0 Å². The number of carbonyl (C=O) groups is 6. The first-order valence-corrected chi connectivity index (χ1v) is 29.8. The van der Waals surface area contributed by atoms with Crippen LogP contribution in [0.25, 0.3) is 0 Å². The van der Waals surface area contributed by atoms with Gasteiger partial charge in [0.05, 0.1) is 55.4 Å². The average Bonchev–Trinajstić information content (AvgIpc) is 1.54. The van der Waals surface area contributed by atoms with Crippen molar-refractivity contribution in [2.45, 2.75) is 168 Å². The summed E-state index contributed by atoms with van der Waals surface area (Å²) in [6, 6.07) is 0. The quantitative estimate of drug-likeness (QED) is 0.0799. The van der Waals surface area contributed by atoms with E-state index in [4.69, 9.17) is 43.0 Å². The van der Waals surface area contributed by atoms with Gasteiger partial charge in [-0.1, -0.05) is 114 Å². The number of carboxylic acid groups (broad SMARTS) is 1. The highest BCUT2D eigenvalue weighted by Gasteiger charge is 2.71. The Labute approximate surface area is 517 Å². The fourth-order valence-corrected chi connectivity index (χ4v) is 18.4. The number of hydrogen-bond donors (Lipinski definition) is 5. The number of allylic oxidation sites excluding steroid dienone is 10. The molecule has 0 aromatic carbocycles. The lowest BCUT2D eigenvalue weighted by Crippen LogP contribution is -2.47. The third-order valence-electron chi connectivity index (χ3n) is 22.4. The fourth-order valence-electron chi connectivity index (χ4n) is 18.4. The molecule has 12 aliphatic rings. The van der Waals surface area contributed by atoms with E-state index in [9.17, 15) is 54.3 Å². The van der Waals surface area contributed by atoms with Gasteiger partial charge in [-0.3, -0.25) is 28.8 Å². The van der Waals surface area contributed by atoms with Crippen LogP contribution >= 0.6 is 0 Å². The Kier molecular flexibility index (Phi) is 20.6. The van der Waals surface area contributed by atoms with Gasteiger partial charge in [-0.05, 0) is 121 Å². The molecule has 12 rings (SSSR count). The first-order valence-electron chi connectivity index (χ1n) is 29.8. The molecule has 0 aromatic heterocycles. The summed E-state index contributed by atoms with van der Waals surface area (Å²) in [6.45, 7) is 29.0. The summed E-state index contributed by atoms with van der Waals surface area (Å²) in [6.07, 6.45) is 19.7. The Morgan fingerprint density at radius 1 is 0.551 bits per heavy atom. The van der Waals surface area contributed by atoms with Crippen molar-refractivity contribution in [1.82, 2.24) is 0 Å². The molecular weight excluding hydrogens is 1150 g/mol. The van der Waals surface area contributed by atoms with Crippen LogP contribution in [0.15, 0.2) is 106 Å². The summed E-state index contributed by atoms with van der Waals surface area (Å²) in [5.74, 6) is -3.65. The van der Waals surface area contributed by atoms with Gasteiger partial charge in [-0.25, -0.2) is 0 Å². The van der Waals surface area contributed by atoms with Gasteiger partial charge >= 0.3 is 54.3 Å². The molecular formula is C68H84O21. The van der Waals surface area contributed by atoms with Crippen LogP contribution in [0, 0.1) is 74.4 Å². The minimum absolute atomic E-state index is 0.0456. The predicted molar refractivity (Wildman–Crippen MR) is 311 cm³/mol. The number of aliphatic carboxylic acids is 1. The van der Waals surface area contributed by atoms with E-state index in [2.05, 4.69) is 57.4 Å². The highest BCUT2D eigenvalue weighted by atomic mass is 16.6. The van der Waals surface area contributed by atoms with Crippen LogP contribution in [0.3, 0.4) is 0 Å². The highest BCUT2D eigenvalue weighted by molar-refractivity contribution is 5.83. The Bertz CT molecular complexity index is 3230. The van der Waals surface area contributed by atoms with Crippen molar-refractivity contribution in [3.63, 3.8) is 0 Å². The molecule has 0 radical (unpaired) electrons. The van der Waals surface area contributed by atoms with Gasteiger partial charge in [-0.2, -0.15) is 28.8 Å². The van der Waals surface area contributed by atoms with E-state index in [1.54, 1.807) is 6.08 Å². The van der Waals surface area contributed by atoms with Crippen molar-refractivity contribution in [2.75, 3.05) is 14.2 Å². The maximum absolute atomic E-state index is 13.1. The first kappa shape index (κ1) is 70.7. The number of aliphatic hydroxyl groups is 4. The van der Waals surface area contributed by atoms with Gasteiger partial charge in [0.15, 0.2) is 0 Å². The van der Waals surface area contributed by atoms with Gasteiger partial charge in [0.2, 0.25) is 0 Å². The van der Waals surface area contributed by atoms with E-state index in [0.29, 0.717) is 57.3 Å². The smallest absolute Gasteiger partial charge is 0.373 e. The Morgan fingerprint density at radius 3 is 1.37 bits per heavy atom. The summed E-state index contributed by atoms with van der Waals surface area (Å²) in [7, 11) is 2.91. The van der Waals surface area contributed by atoms with Gasteiger partial charge in [0.1, 0.15) is 5.60 Å². The van der Waals surface area contributed by atoms with Crippen molar-refractivity contribution >= 4 is 54.3 Å². The molecule has 21 nitrogen and oxygen atoms in total. The first-order chi connectivity index (χ1) is 41.4. The molecule has 0 unspecified atom stereocenters. The van der Waals surface area contributed by atoms with E-state index in [-0.39, 0.29) is 82.7 Å². The number of aliphatic hydroxyl groups excluding tert-OH is 2. The number of ether oxygens (including phenoxy) is 4. The van der Waals surface area contributed by atoms with Gasteiger partial charge in [0, 0.05) is 66.6 Å². The van der Waals surface area contributed by atoms with Crippen LogP contribution in [-0.4, -0.2) is 123 Å². The summed E-state index contributed by atoms with van der Waals surface area (Å²) >= 11 is 0. The number of methoxy groups -OCH3 is 2. The maximum atomic E-state index is 13.1. The molecule has 89 heavy (non-hydrogen) atoms. The van der Waals surface area contributed by atoms with E-state index in [0.717, 1.165) is 48.0 Å². The molecule has 3 spiro atoms. The second kappa shape index (κ2) is 25.9. The van der Waals surface area contributed by atoms with E-state index < -0.39 is 69.1 Å². The van der Waals surface area contributed by atoms with E-state index >= 15 is 0 Å². The molecule has 0 heterocycles. The monoisotopic (exact) mass is 1240 g/mol. The molecule has 0 aliphatic heterocycles. The van der Waals surface area contributed by atoms with Crippen LogP contribution in [0.1, 0.15) is 139 Å². The zero-order valence-electron chi connectivity index (χ0n) is 52.6. The molecule has 21 heteroatoms. The number of carboxylic acids is 1. The van der Waals surface area contributed by atoms with Crippen LogP contribution in [0.2, 0.25) is 0 Å². The molecule has 16 atom stereocenters. The summed E-state index contributed by atoms with van der Waals surface area (Å²) in [4.78, 5) is 118. The minimum Gasteiger partial charge on any atom is -0.481 e. The number of esters is 5. The van der Waals surface area contributed by atoms with Crippen molar-refractivity contribution in [1.29, 1.82) is 0 Å². The van der Waals surface area contributed by atoms with Crippen molar-refractivity contribution in [3.05, 3.63) is 106 Å². The highest BCUT2D eigenvalue weighted by Crippen LogP contribution is 2.74. The summed E-state index contributed by atoms with van der Waals surface area (Å²) < 4.78 is 20.3. The molecule has 0 aromatic rings. The van der Waals surface area contributed by atoms with Crippen LogP contribution in [0.5, 0.6) is 0 Å². The third-order valence-corrected chi connectivity index (χ3v) is 22.4. The Hall–Kier alpha value is -7.34. The van der Waals surface area contributed by atoms with Crippen LogP contribution < -0.4 is 0 Å². The Balaban J connectivity index is 0.000000190. The zero-order valence-corrected chi connectivity index (χ0v) is 52.6. The minimum atomic E-state index is -0.906. The molecule has 6 fully saturated rings. The number of carbonyl (C=O) groups excluding carboxylic acids is 11. The lowest BCUT2D eigenvalue weighted by Gasteiger charge is -2.45. The topological polar surface area (TPSA) is 343 Å². The molecule has 12 aliphatic carbocycles. The van der Waals surface area contributed by atoms with E-state index in [1.807, 2.05) is 39.0 Å². The molecule has 6 bridgehead atoms. The summed E-state index contributed by atoms with van der Waals surface area (Å²) in [5.41, 5.74) is 5.90. The molecule has 5 N–H and O–H groups in total. The lowest BCUT2D eigenvalue weighted by molar-refractivity contribution is -0.193. The van der Waals surface area contributed by atoms with Gasteiger partial charge in [-0.15, -0.1) is 0 Å². The molecule has 0 saturated heterocycles. The van der Waals surface area contributed by atoms with Gasteiger partial charge < -0.3 is 44.5 Å². The Morgan fingerprint density at radius 2 is 0.944 bits per heavy atom. The number of hydrogen-bond acceptors (Lipinski definition) is 20. The second-order valence-electron chi connectivity index (χ2n) is 27.2. The van der Waals surface area contributed by atoms with Gasteiger partial charge in [0.25, 0.3) is 0 Å². The SMILES string of the molecule is C=C1C[C@]23C[C@@]1(O)CCC2=C1C=C[C@H](O)C(C)(C)[C@H]1[C@@H]3C(=O)OC.C=C1C[C@]23C[C@@]1(O)CCC2=C1C=C[C@H](O)[C@H](C)[C@H]1[C@@H]3C(=O)O.C=C1C[C@]23C[C@@]1(OC(C)=O)CCC2=C1C=C[C@H](C)C(C)(C)[C@H]1[C@@H]3C(=O)OC.CC(=O)OC(C)=O.O=C=O.O=C=O.O=C=O. The molecule has 482 valence electrons. The summed E-state index contributed by atoms with van der Waals surface area (Å²) in [5, 5.41) is 52.4. The molecule has 6 saturated carbocycles. The second-order valence-corrected chi connectivity index (χ2v) is 27.2. The van der Waals surface area contributed by atoms with Crippen LogP contribution in [0.4, 0.5) is 0 Å². The van der Waals surface area contributed by atoms with E-state index in [1.165, 1.54) is 62.9 Å². The molecule has 0 amide bonds. The predicted octanol–water partition coefficient (Wildman–Crippen LogP) is 7.27. The van der Waals surface area contributed by atoms with Crippen LogP contribution in [-0.2, 0) is 76.5 Å². The lowest BCUT2D eigenvalue weighted by atomic mass is 9.58. The maximum Gasteiger partial charge on any atom is 0.373 e. The van der Waals surface area contributed by atoms with Crippen molar-refractivity contribution in [2.24, 2.45) is 74.4 Å². The average molecular weight is 1240 g/mol. The normalized spacial score (nSPS) is 37.8. The van der Waals surface area contributed by atoms with Crippen molar-refractivity contribution < 1.29 is 102 Å².